The Hall–Kier alpha value is -7.79. The maximum Gasteiger partial charge on any atom is 0.343 e. The lowest BCUT2D eigenvalue weighted by Gasteiger charge is -2.17. The minimum atomic E-state index is -1.78. The highest BCUT2D eigenvalue weighted by molar-refractivity contribution is 6.10. The molecule has 0 aliphatic carbocycles. The first-order valence-electron chi connectivity index (χ1n) is 21.9. The number of aliphatic hydroxyl groups is 1. The minimum Gasteiger partial charge on any atom is -0.494 e. The van der Waals surface area contributed by atoms with Gasteiger partial charge in [0.05, 0.1) is 43.1 Å². The van der Waals surface area contributed by atoms with Gasteiger partial charge in [0.1, 0.15) is 23.0 Å². The molecule has 1 fully saturated rings. The summed E-state index contributed by atoms with van der Waals surface area (Å²) in [4.78, 5) is 87.9. The summed E-state index contributed by atoms with van der Waals surface area (Å²) < 4.78 is 43.3. The van der Waals surface area contributed by atoms with E-state index in [1.807, 2.05) is 0 Å². The van der Waals surface area contributed by atoms with E-state index in [1.54, 1.807) is 48.5 Å². The number of esters is 5. The second kappa shape index (κ2) is 26.4. The number of unbranched alkanes of at least 4 members (excludes halogenated alkanes) is 6. The molecule has 68 heavy (non-hydrogen) atoms. The van der Waals surface area contributed by atoms with E-state index in [2.05, 4.69) is 13.2 Å². The van der Waals surface area contributed by atoms with Gasteiger partial charge in [0.25, 0.3) is 11.8 Å². The summed E-state index contributed by atoms with van der Waals surface area (Å²) >= 11 is 0. The van der Waals surface area contributed by atoms with Gasteiger partial charge in [-0.1, -0.05) is 13.2 Å². The fourth-order valence-electron chi connectivity index (χ4n) is 6.41. The first-order valence-corrected chi connectivity index (χ1v) is 21.9. The first-order chi connectivity index (χ1) is 32.9. The average Bonchev–Trinajstić information content (AvgIpc) is 3.54. The minimum absolute atomic E-state index is 0.0240. The van der Waals surface area contributed by atoms with Crippen LogP contribution in [0.25, 0.3) is 0 Å². The van der Waals surface area contributed by atoms with E-state index in [0.29, 0.717) is 48.4 Å². The van der Waals surface area contributed by atoms with Crippen LogP contribution in [0.2, 0.25) is 0 Å². The summed E-state index contributed by atoms with van der Waals surface area (Å²) in [6.07, 6.45) is 4.01. The van der Waals surface area contributed by atoms with Crippen molar-refractivity contribution in [3.05, 3.63) is 145 Å². The van der Waals surface area contributed by atoms with Gasteiger partial charge in [-0.2, -0.15) is 0 Å². The van der Waals surface area contributed by atoms with E-state index in [1.165, 1.54) is 55.6 Å². The monoisotopic (exact) mass is 935 g/mol. The number of carbonyl (C=O) groups excluding carboxylic acids is 7. The molecular weight excluding hydrogens is 883 g/mol. The molecule has 17 nitrogen and oxygen atoms in total. The van der Waals surface area contributed by atoms with Crippen LogP contribution in [-0.2, 0) is 38.1 Å². The van der Waals surface area contributed by atoms with E-state index in [0.717, 1.165) is 63.5 Å². The number of nitrogens with zero attached hydrogens (tertiary/aromatic N) is 1. The molecule has 4 aromatic rings. The second-order valence-electron chi connectivity index (χ2n) is 15.2. The highest BCUT2D eigenvalue weighted by Crippen LogP contribution is 2.26. The zero-order valence-electron chi connectivity index (χ0n) is 37.5. The summed E-state index contributed by atoms with van der Waals surface area (Å²) in [7, 11) is 1.17. The van der Waals surface area contributed by atoms with Crippen LogP contribution in [0.3, 0.4) is 0 Å². The molecule has 1 saturated heterocycles. The second-order valence-corrected chi connectivity index (χ2v) is 15.2. The van der Waals surface area contributed by atoms with Crippen LogP contribution in [0, 0.1) is 0 Å². The van der Waals surface area contributed by atoms with Crippen molar-refractivity contribution in [3.63, 3.8) is 0 Å². The maximum atomic E-state index is 13.2. The number of hydrogen-bond acceptors (Lipinski definition) is 16. The van der Waals surface area contributed by atoms with Crippen molar-refractivity contribution in [2.45, 2.75) is 69.9 Å². The van der Waals surface area contributed by atoms with Gasteiger partial charge in [-0.15, -0.1) is 0 Å². The fourth-order valence-corrected chi connectivity index (χ4v) is 6.41. The van der Waals surface area contributed by atoms with Crippen molar-refractivity contribution in [2.24, 2.45) is 0 Å². The van der Waals surface area contributed by atoms with E-state index < -0.39 is 60.2 Å². The molecule has 0 saturated carbocycles. The van der Waals surface area contributed by atoms with Crippen molar-refractivity contribution in [3.8, 4) is 23.0 Å². The Morgan fingerprint density at radius 3 is 1.32 bits per heavy atom. The quantitative estimate of drug-likeness (QED) is 0.0120. The van der Waals surface area contributed by atoms with Crippen LogP contribution in [0.5, 0.6) is 23.0 Å². The van der Waals surface area contributed by atoms with Crippen molar-refractivity contribution >= 4 is 41.7 Å². The molecule has 5 rings (SSSR count). The van der Waals surface area contributed by atoms with Gasteiger partial charge in [-0.05, 0) is 148 Å². The summed E-state index contributed by atoms with van der Waals surface area (Å²) in [6.45, 7) is 8.37. The standard InChI is InChI=1S/C51H53NO16/c1-4-42(53)63-32-12-8-6-10-30-61-38-22-14-34(15-23-38)48(57)65-40-26-18-36(19-27-40)50(59)67-44-45(47(56)52(3)46(44)55)68-51(60)37-20-28-41(29-21-37)66-49(58)35-16-24-39(25-17-35)62-31-11-7-9-13-33-64-43(54)5-2/h4-5,14-29,44-45,48,57H,1-2,6-13,30-33H2,3H3/t44-,45-,48?/m1/s1. The molecule has 1 unspecified atom stereocenters. The number of imide groups is 1. The number of likely N-dealkylation sites (tertiary alicyclic amines) is 1. The highest BCUT2D eigenvalue weighted by atomic mass is 16.6. The Balaban J connectivity index is 1.04. The van der Waals surface area contributed by atoms with Gasteiger partial charge < -0.3 is 43.0 Å². The molecule has 1 N–H and O–H groups in total. The normalized spacial score (nSPS) is 14.5. The lowest BCUT2D eigenvalue weighted by molar-refractivity contribution is -0.140. The highest BCUT2D eigenvalue weighted by Gasteiger charge is 2.51. The molecule has 0 aromatic heterocycles. The third-order valence-electron chi connectivity index (χ3n) is 10.2. The topological polar surface area (TPSA) is 217 Å². The summed E-state index contributed by atoms with van der Waals surface area (Å²) in [5.41, 5.74) is 0.620. The number of ether oxygens (including phenoxy) is 8. The predicted molar refractivity (Wildman–Crippen MR) is 243 cm³/mol. The van der Waals surface area contributed by atoms with E-state index in [4.69, 9.17) is 37.9 Å². The average molecular weight is 936 g/mol. The molecule has 17 heteroatoms. The Morgan fingerprint density at radius 2 is 0.897 bits per heavy atom. The van der Waals surface area contributed by atoms with Crippen LogP contribution in [-0.4, -0.2) is 97.4 Å². The number of aliphatic hydroxyl groups excluding tert-OH is 1. The Bertz CT molecular complexity index is 2360. The van der Waals surface area contributed by atoms with Crippen LogP contribution < -0.4 is 18.9 Å². The fraction of sp³-hybridized carbons (Fsp3) is 0.314. The largest absolute Gasteiger partial charge is 0.494 e. The Kier molecular flexibility index (Phi) is 19.9. The number of benzene rings is 4. The van der Waals surface area contributed by atoms with Crippen LogP contribution in [0.4, 0.5) is 0 Å². The zero-order chi connectivity index (χ0) is 48.8. The molecule has 4 aromatic carbocycles. The maximum absolute atomic E-state index is 13.2. The molecule has 358 valence electrons. The number of rotatable bonds is 27. The van der Waals surface area contributed by atoms with E-state index in [-0.39, 0.29) is 28.2 Å². The first kappa shape index (κ1) is 51.2. The van der Waals surface area contributed by atoms with Gasteiger partial charge in [0.2, 0.25) is 18.5 Å². The lowest BCUT2D eigenvalue weighted by Crippen LogP contribution is -2.37. The molecule has 1 aliphatic heterocycles. The van der Waals surface area contributed by atoms with Crippen molar-refractivity contribution in [1.82, 2.24) is 4.90 Å². The lowest BCUT2D eigenvalue weighted by atomic mass is 10.2. The van der Waals surface area contributed by atoms with Gasteiger partial charge in [0, 0.05) is 24.8 Å². The summed E-state index contributed by atoms with van der Waals surface area (Å²) in [6, 6.07) is 23.8. The SMILES string of the molecule is C=CC(=O)OCCCCCCOc1ccc(C(=O)Oc2ccc(C(=O)O[C@H]3C(=O)N(C)C(=O)[C@@H]3OC(=O)c3ccc(OC(O)c4ccc(OCCCCCCOC(=O)C=C)cc4)cc3)cc2)cc1. The number of likely N-dealkylation sites (N-methyl/N-ethyl adjacent to an activating group) is 1. The third kappa shape index (κ3) is 15.7. The summed E-state index contributed by atoms with van der Waals surface area (Å²) in [5.74, 6) is -3.85. The van der Waals surface area contributed by atoms with Crippen molar-refractivity contribution in [2.75, 3.05) is 33.5 Å². The smallest absolute Gasteiger partial charge is 0.343 e. The molecule has 3 atom stereocenters. The third-order valence-corrected chi connectivity index (χ3v) is 10.2. The molecule has 0 radical (unpaired) electrons. The van der Waals surface area contributed by atoms with Crippen LogP contribution in [0.15, 0.2) is 122 Å². The Labute approximate surface area is 393 Å². The van der Waals surface area contributed by atoms with E-state index >= 15 is 0 Å². The predicted octanol–water partition coefficient (Wildman–Crippen LogP) is 7.06. The van der Waals surface area contributed by atoms with Gasteiger partial charge in [-0.25, -0.2) is 24.0 Å². The molecule has 1 aliphatic rings. The number of carbonyl (C=O) groups is 7. The molecule has 1 heterocycles. The van der Waals surface area contributed by atoms with Crippen molar-refractivity contribution < 1.29 is 76.6 Å². The van der Waals surface area contributed by atoms with Crippen molar-refractivity contribution in [1.29, 1.82) is 0 Å². The van der Waals surface area contributed by atoms with Crippen LogP contribution in [0.1, 0.15) is 94.3 Å². The summed E-state index contributed by atoms with van der Waals surface area (Å²) in [5, 5.41) is 10.7. The zero-order valence-corrected chi connectivity index (χ0v) is 37.5. The molecule has 0 bridgehead atoms. The molecule has 0 spiro atoms. The van der Waals surface area contributed by atoms with Gasteiger partial charge in [0.15, 0.2) is 0 Å². The van der Waals surface area contributed by atoms with Gasteiger partial charge in [-0.3, -0.25) is 14.5 Å². The number of amides is 2. The number of hydrogen-bond donors (Lipinski definition) is 1. The van der Waals surface area contributed by atoms with Crippen LogP contribution >= 0.6 is 0 Å². The molecule has 2 amide bonds. The molecular formula is C51H53NO16. The Morgan fingerprint density at radius 1 is 0.529 bits per heavy atom. The van der Waals surface area contributed by atoms with Gasteiger partial charge >= 0.3 is 29.8 Å². The van der Waals surface area contributed by atoms with E-state index in [9.17, 15) is 38.7 Å².